The van der Waals surface area contributed by atoms with Crippen LogP contribution in [0.4, 0.5) is 19.3 Å². The Labute approximate surface area is 126 Å². The first kappa shape index (κ1) is 17.5. The van der Waals surface area contributed by atoms with Gasteiger partial charge in [-0.05, 0) is 18.6 Å². The lowest BCUT2D eigenvalue weighted by Crippen LogP contribution is -2.35. The molecule has 0 saturated heterocycles. The molecule has 3 N–H and O–H groups in total. The number of hydrogen-bond donors (Lipinski definition) is 3. The Morgan fingerprint density at radius 3 is 2.81 bits per heavy atom. The summed E-state index contributed by atoms with van der Waals surface area (Å²) in [5.74, 6) is -0.226. The molecule has 0 spiro atoms. The molecular weight excluding hydrogens is 306 g/mol. The molecule has 0 fully saturated rings. The number of carbonyl (C=O) groups excluding carboxylic acids is 1. The lowest BCUT2D eigenvalue weighted by atomic mass is 10.2. The van der Waals surface area contributed by atoms with Crippen LogP contribution in [0.2, 0.25) is 5.02 Å². The van der Waals surface area contributed by atoms with Crippen LogP contribution < -0.4 is 15.4 Å². The van der Waals surface area contributed by atoms with Gasteiger partial charge in [-0.3, -0.25) is 0 Å². The van der Waals surface area contributed by atoms with Gasteiger partial charge < -0.3 is 20.5 Å². The van der Waals surface area contributed by atoms with Crippen LogP contribution in [0.1, 0.15) is 19.8 Å². The maximum atomic E-state index is 12.2. The third kappa shape index (κ3) is 6.59. The zero-order chi connectivity index (χ0) is 15.8. The number of aliphatic hydroxyl groups excluding tert-OH is 1. The highest BCUT2D eigenvalue weighted by Crippen LogP contribution is 2.29. The summed E-state index contributed by atoms with van der Waals surface area (Å²) in [6.07, 6.45) is 0.757. The van der Waals surface area contributed by atoms with Crippen LogP contribution >= 0.6 is 11.6 Å². The average Bonchev–Trinajstić information content (AvgIpc) is 2.40. The van der Waals surface area contributed by atoms with E-state index in [4.69, 9.17) is 11.6 Å². The summed E-state index contributed by atoms with van der Waals surface area (Å²) in [5, 5.41) is 14.4. The number of benzene rings is 1. The topological polar surface area (TPSA) is 70.6 Å². The standard InChI is InChI=1S/C13H17ClF2N2O3/c1-2-3-9(19)7-17-13(20)18-8-4-5-10(14)11(6-8)21-12(15)16/h4-6,9,12,19H,2-3,7H2,1H3,(H2,17,18,20). The molecule has 0 saturated carbocycles. The number of halogens is 3. The fourth-order valence-corrected chi connectivity index (χ4v) is 1.75. The van der Waals surface area contributed by atoms with Crippen molar-refractivity contribution in [3.8, 4) is 5.75 Å². The molecule has 21 heavy (non-hydrogen) atoms. The highest BCUT2D eigenvalue weighted by atomic mass is 35.5. The molecule has 1 rings (SSSR count). The molecule has 0 heterocycles. The van der Waals surface area contributed by atoms with Crippen molar-refractivity contribution in [3.63, 3.8) is 0 Å². The predicted octanol–water partition coefficient (Wildman–Crippen LogP) is 3.22. The molecular formula is C13H17ClF2N2O3. The normalized spacial score (nSPS) is 12.1. The van der Waals surface area contributed by atoms with E-state index in [1.807, 2.05) is 6.92 Å². The molecule has 1 aromatic rings. The Morgan fingerprint density at radius 2 is 2.19 bits per heavy atom. The van der Waals surface area contributed by atoms with Gasteiger partial charge in [0.25, 0.3) is 0 Å². The van der Waals surface area contributed by atoms with Crippen molar-refractivity contribution >= 4 is 23.3 Å². The minimum atomic E-state index is -3.00. The zero-order valence-electron chi connectivity index (χ0n) is 11.4. The van der Waals surface area contributed by atoms with Gasteiger partial charge in [0, 0.05) is 18.3 Å². The number of hydrogen-bond acceptors (Lipinski definition) is 3. The molecule has 118 valence electrons. The first-order chi connectivity index (χ1) is 9.92. The van der Waals surface area contributed by atoms with Crippen LogP contribution in [0.15, 0.2) is 18.2 Å². The number of aliphatic hydroxyl groups is 1. The molecule has 1 unspecified atom stereocenters. The lowest BCUT2D eigenvalue weighted by Gasteiger charge is -2.13. The number of rotatable bonds is 7. The first-order valence-corrected chi connectivity index (χ1v) is 6.77. The zero-order valence-corrected chi connectivity index (χ0v) is 12.2. The van der Waals surface area contributed by atoms with Gasteiger partial charge in [-0.15, -0.1) is 0 Å². The smallest absolute Gasteiger partial charge is 0.387 e. The molecule has 0 aliphatic carbocycles. The van der Waals surface area contributed by atoms with E-state index in [-0.39, 0.29) is 23.0 Å². The summed E-state index contributed by atoms with van der Waals surface area (Å²) in [6, 6.07) is 3.41. The van der Waals surface area contributed by atoms with Crippen molar-refractivity contribution in [2.75, 3.05) is 11.9 Å². The van der Waals surface area contributed by atoms with Gasteiger partial charge in [-0.2, -0.15) is 8.78 Å². The summed E-state index contributed by atoms with van der Waals surface area (Å²) in [5.41, 5.74) is 0.248. The molecule has 0 radical (unpaired) electrons. The Balaban J connectivity index is 2.56. The molecule has 0 aliphatic heterocycles. The third-order valence-electron chi connectivity index (χ3n) is 2.53. The Bertz CT molecular complexity index is 475. The van der Waals surface area contributed by atoms with Crippen LogP contribution in [0.3, 0.4) is 0 Å². The van der Waals surface area contributed by atoms with Gasteiger partial charge in [0.05, 0.1) is 11.1 Å². The number of nitrogens with one attached hydrogen (secondary N) is 2. The fourth-order valence-electron chi connectivity index (χ4n) is 1.59. The van der Waals surface area contributed by atoms with Gasteiger partial charge >= 0.3 is 12.6 Å². The molecule has 8 heteroatoms. The van der Waals surface area contributed by atoms with Crippen molar-refractivity contribution in [2.45, 2.75) is 32.5 Å². The van der Waals surface area contributed by atoms with E-state index in [2.05, 4.69) is 15.4 Å². The SMILES string of the molecule is CCCC(O)CNC(=O)Nc1ccc(Cl)c(OC(F)F)c1. The van der Waals surface area contributed by atoms with Crippen LogP contribution in [0.25, 0.3) is 0 Å². The van der Waals surface area contributed by atoms with E-state index in [1.165, 1.54) is 18.2 Å². The lowest BCUT2D eigenvalue weighted by molar-refractivity contribution is -0.0497. The van der Waals surface area contributed by atoms with Gasteiger partial charge in [0.1, 0.15) is 5.75 Å². The van der Waals surface area contributed by atoms with Gasteiger partial charge in [0.15, 0.2) is 0 Å². The van der Waals surface area contributed by atoms with E-state index in [1.54, 1.807) is 0 Å². The highest BCUT2D eigenvalue weighted by molar-refractivity contribution is 6.32. The Hall–Kier alpha value is -1.60. The monoisotopic (exact) mass is 322 g/mol. The van der Waals surface area contributed by atoms with Crippen molar-refractivity contribution in [2.24, 2.45) is 0 Å². The summed E-state index contributed by atoms with van der Waals surface area (Å²) in [7, 11) is 0. The maximum absolute atomic E-state index is 12.2. The van der Waals surface area contributed by atoms with Crippen LogP contribution in [-0.2, 0) is 0 Å². The minimum absolute atomic E-state index is 0.0135. The van der Waals surface area contributed by atoms with Gasteiger partial charge in [0.2, 0.25) is 0 Å². The fraction of sp³-hybridized carbons (Fsp3) is 0.462. The number of amides is 2. The molecule has 1 aromatic carbocycles. The second kappa shape index (κ2) is 8.63. The predicted molar refractivity (Wildman–Crippen MR) is 76.0 cm³/mol. The van der Waals surface area contributed by atoms with Crippen molar-refractivity contribution in [1.82, 2.24) is 5.32 Å². The van der Waals surface area contributed by atoms with Crippen molar-refractivity contribution in [1.29, 1.82) is 0 Å². The molecule has 0 aromatic heterocycles. The molecule has 2 amide bonds. The minimum Gasteiger partial charge on any atom is -0.433 e. The van der Waals surface area contributed by atoms with E-state index < -0.39 is 18.7 Å². The summed E-state index contributed by atoms with van der Waals surface area (Å²) in [6.45, 7) is -0.981. The van der Waals surface area contributed by atoms with E-state index in [9.17, 15) is 18.7 Å². The van der Waals surface area contributed by atoms with Crippen LogP contribution in [-0.4, -0.2) is 30.4 Å². The van der Waals surface area contributed by atoms with E-state index >= 15 is 0 Å². The largest absolute Gasteiger partial charge is 0.433 e. The van der Waals surface area contributed by atoms with Gasteiger partial charge in [-0.1, -0.05) is 24.9 Å². The summed E-state index contributed by atoms with van der Waals surface area (Å²) < 4.78 is 28.6. The third-order valence-corrected chi connectivity index (χ3v) is 2.84. The first-order valence-electron chi connectivity index (χ1n) is 6.39. The molecule has 0 aliphatic rings. The Kier molecular flexibility index (Phi) is 7.18. The second-order valence-corrected chi connectivity index (χ2v) is 4.71. The molecule has 0 bridgehead atoms. The van der Waals surface area contributed by atoms with E-state index in [0.29, 0.717) is 6.42 Å². The number of ether oxygens (including phenoxy) is 1. The maximum Gasteiger partial charge on any atom is 0.387 e. The van der Waals surface area contributed by atoms with Crippen molar-refractivity contribution < 1.29 is 23.4 Å². The second-order valence-electron chi connectivity index (χ2n) is 4.30. The summed E-state index contributed by atoms with van der Waals surface area (Å²) in [4.78, 5) is 11.6. The van der Waals surface area contributed by atoms with Crippen molar-refractivity contribution in [3.05, 3.63) is 23.2 Å². The van der Waals surface area contributed by atoms with Crippen LogP contribution in [0.5, 0.6) is 5.75 Å². The number of urea groups is 1. The average molecular weight is 323 g/mol. The van der Waals surface area contributed by atoms with E-state index in [0.717, 1.165) is 6.42 Å². The van der Waals surface area contributed by atoms with Gasteiger partial charge in [-0.25, -0.2) is 4.79 Å². The highest BCUT2D eigenvalue weighted by Gasteiger charge is 2.11. The summed E-state index contributed by atoms with van der Waals surface area (Å²) >= 11 is 5.69. The Morgan fingerprint density at radius 1 is 1.48 bits per heavy atom. The number of carbonyl (C=O) groups is 1. The molecule has 1 atom stereocenters. The molecule has 5 nitrogen and oxygen atoms in total. The number of anilines is 1. The quantitative estimate of drug-likeness (QED) is 0.722. The van der Waals surface area contributed by atoms with Crippen LogP contribution in [0, 0.1) is 0 Å². The number of alkyl halides is 2.